The average Bonchev–Trinajstić information content (AvgIpc) is 2.29. The van der Waals surface area contributed by atoms with E-state index in [9.17, 15) is 9.90 Å². The number of primary amides is 1. The van der Waals surface area contributed by atoms with Crippen LogP contribution >= 0.6 is 0 Å². The summed E-state index contributed by atoms with van der Waals surface area (Å²) in [5, 5.41) is 13.5. The number of azide groups is 1. The van der Waals surface area contributed by atoms with E-state index >= 15 is 0 Å². The number of carbonyl (C=O) groups excluding carboxylic acids is 1. The molecular weight excluding hydrogens is 234 g/mol. The smallest absolute Gasteiger partial charge is 0.252 e. The molecule has 0 bridgehead atoms. The SMILES string of the molecule is [N-]=[N+]=NC1(CCCCN)C=C(O)C(C(N)=O)=CC1. The number of nitrogens with two attached hydrogens (primary N) is 2. The minimum atomic E-state index is -0.826. The van der Waals surface area contributed by atoms with E-state index in [0.29, 0.717) is 19.4 Å². The van der Waals surface area contributed by atoms with Gasteiger partial charge in [-0.2, -0.15) is 0 Å². The van der Waals surface area contributed by atoms with Gasteiger partial charge in [0.05, 0.1) is 11.1 Å². The van der Waals surface area contributed by atoms with Crippen molar-refractivity contribution in [3.05, 3.63) is 33.9 Å². The molecule has 0 saturated heterocycles. The standard InChI is InChI=1S/C11H17N5O2/c12-6-2-1-4-11(15-16-14)5-3-8(10(13)18)9(17)7-11/h3,7,17H,1-2,4-6,12H2,(H2,13,18). The van der Waals surface area contributed by atoms with Gasteiger partial charge in [-0.25, -0.2) is 0 Å². The molecule has 98 valence electrons. The number of aliphatic hydroxyl groups is 1. The molecule has 1 aliphatic carbocycles. The maximum Gasteiger partial charge on any atom is 0.252 e. The van der Waals surface area contributed by atoms with Crippen LogP contribution in [0.4, 0.5) is 0 Å². The Labute approximate surface area is 105 Å². The number of carbonyl (C=O) groups is 1. The molecule has 0 aromatic rings. The summed E-state index contributed by atoms with van der Waals surface area (Å²) in [7, 11) is 0. The van der Waals surface area contributed by atoms with Crippen molar-refractivity contribution in [1.29, 1.82) is 0 Å². The van der Waals surface area contributed by atoms with Crippen LogP contribution < -0.4 is 11.5 Å². The average molecular weight is 251 g/mol. The van der Waals surface area contributed by atoms with Crippen LogP contribution in [0.25, 0.3) is 10.4 Å². The Morgan fingerprint density at radius 1 is 1.61 bits per heavy atom. The molecule has 7 nitrogen and oxygen atoms in total. The third-order valence-corrected chi connectivity index (χ3v) is 2.91. The van der Waals surface area contributed by atoms with E-state index in [2.05, 4.69) is 10.0 Å². The van der Waals surface area contributed by atoms with Gasteiger partial charge in [0.15, 0.2) is 0 Å². The van der Waals surface area contributed by atoms with Crippen molar-refractivity contribution in [2.75, 3.05) is 6.54 Å². The minimum Gasteiger partial charge on any atom is -0.507 e. The van der Waals surface area contributed by atoms with Gasteiger partial charge >= 0.3 is 0 Å². The molecule has 1 amide bonds. The van der Waals surface area contributed by atoms with E-state index in [4.69, 9.17) is 17.0 Å². The molecule has 0 saturated carbocycles. The molecule has 0 aliphatic heterocycles. The molecule has 0 radical (unpaired) electrons. The van der Waals surface area contributed by atoms with Gasteiger partial charge in [-0.3, -0.25) is 4.79 Å². The topological polar surface area (TPSA) is 138 Å². The summed E-state index contributed by atoms with van der Waals surface area (Å²) in [6.45, 7) is 0.560. The van der Waals surface area contributed by atoms with Crippen LogP contribution in [-0.2, 0) is 4.79 Å². The van der Waals surface area contributed by atoms with Crippen LogP contribution in [0.1, 0.15) is 25.7 Å². The van der Waals surface area contributed by atoms with Crippen molar-refractivity contribution in [2.45, 2.75) is 31.2 Å². The zero-order valence-corrected chi connectivity index (χ0v) is 10.0. The zero-order chi connectivity index (χ0) is 13.6. The van der Waals surface area contributed by atoms with Crippen molar-refractivity contribution < 1.29 is 9.90 Å². The molecule has 7 heteroatoms. The van der Waals surface area contributed by atoms with Crippen molar-refractivity contribution in [2.24, 2.45) is 16.6 Å². The van der Waals surface area contributed by atoms with Gasteiger partial charge in [0.2, 0.25) is 0 Å². The molecule has 18 heavy (non-hydrogen) atoms. The number of hydrogen-bond donors (Lipinski definition) is 3. The van der Waals surface area contributed by atoms with E-state index in [1.54, 1.807) is 0 Å². The minimum absolute atomic E-state index is 0.0672. The number of rotatable bonds is 6. The first kappa shape index (κ1) is 14.1. The summed E-state index contributed by atoms with van der Waals surface area (Å²) in [5.74, 6) is -0.922. The summed E-state index contributed by atoms with van der Waals surface area (Å²) in [5.41, 5.74) is 18.4. The quantitative estimate of drug-likeness (QED) is 0.284. The van der Waals surface area contributed by atoms with E-state index in [1.807, 2.05) is 0 Å². The Morgan fingerprint density at radius 2 is 2.33 bits per heavy atom. The van der Waals surface area contributed by atoms with Crippen LogP contribution in [0, 0.1) is 0 Å². The highest BCUT2D eigenvalue weighted by Gasteiger charge is 2.31. The second kappa shape index (κ2) is 6.09. The van der Waals surface area contributed by atoms with Gasteiger partial charge in [-0.1, -0.05) is 17.6 Å². The summed E-state index contributed by atoms with van der Waals surface area (Å²) in [6, 6.07) is 0. The Morgan fingerprint density at radius 3 is 2.83 bits per heavy atom. The summed E-state index contributed by atoms with van der Waals surface area (Å²) in [6.07, 6.45) is 5.42. The Kier molecular flexibility index (Phi) is 4.76. The van der Waals surface area contributed by atoms with Crippen LogP contribution in [0.2, 0.25) is 0 Å². The van der Waals surface area contributed by atoms with Crippen LogP contribution in [0.3, 0.4) is 0 Å². The summed E-state index contributed by atoms with van der Waals surface area (Å²) >= 11 is 0. The molecule has 0 spiro atoms. The lowest BCUT2D eigenvalue weighted by Gasteiger charge is -2.27. The normalized spacial score (nSPS) is 22.7. The number of aliphatic hydroxyl groups excluding tert-OH is 1. The first-order valence-electron chi connectivity index (χ1n) is 5.73. The Bertz CT molecular complexity index is 437. The molecule has 1 rings (SSSR count). The number of hydrogen-bond acceptors (Lipinski definition) is 4. The number of nitrogens with zero attached hydrogens (tertiary/aromatic N) is 3. The van der Waals surface area contributed by atoms with E-state index < -0.39 is 11.4 Å². The monoisotopic (exact) mass is 251 g/mol. The molecule has 0 aromatic carbocycles. The second-order valence-electron chi connectivity index (χ2n) is 4.25. The summed E-state index contributed by atoms with van der Waals surface area (Å²) in [4.78, 5) is 13.8. The molecule has 5 N–H and O–H groups in total. The molecule has 0 heterocycles. The summed E-state index contributed by atoms with van der Waals surface area (Å²) < 4.78 is 0. The van der Waals surface area contributed by atoms with Crippen LogP contribution in [0.15, 0.2) is 28.6 Å². The molecule has 1 unspecified atom stereocenters. The highest BCUT2D eigenvalue weighted by Crippen LogP contribution is 2.33. The molecular formula is C11H17N5O2. The fourth-order valence-electron chi connectivity index (χ4n) is 1.96. The van der Waals surface area contributed by atoms with Gasteiger partial charge < -0.3 is 16.6 Å². The van der Waals surface area contributed by atoms with Crippen molar-refractivity contribution in [3.8, 4) is 0 Å². The lowest BCUT2D eigenvalue weighted by atomic mass is 9.84. The molecule has 0 fully saturated rings. The van der Waals surface area contributed by atoms with Crippen molar-refractivity contribution in [1.82, 2.24) is 0 Å². The van der Waals surface area contributed by atoms with Crippen LogP contribution in [-0.4, -0.2) is 23.1 Å². The number of unbranched alkanes of at least 4 members (excludes halogenated alkanes) is 1. The third-order valence-electron chi connectivity index (χ3n) is 2.91. The highest BCUT2D eigenvalue weighted by atomic mass is 16.3. The van der Waals surface area contributed by atoms with Gasteiger partial charge in [0.1, 0.15) is 5.76 Å². The largest absolute Gasteiger partial charge is 0.507 e. The molecule has 0 aromatic heterocycles. The first-order chi connectivity index (χ1) is 8.54. The maximum absolute atomic E-state index is 11.0. The van der Waals surface area contributed by atoms with E-state index in [1.165, 1.54) is 12.2 Å². The Hall–Kier alpha value is -1.98. The second-order valence-corrected chi connectivity index (χ2v) is 4.25. The Balaban J connectivity index is 2.90. The zero-order valence-electron chi connectivity index (χ0n) is 10.0. The van der Waals surface area contributed by atoms with Crippen molar-refractivity contribution in [3.63, 3.8) is 0 Å². The van der Waals surface area contributed by atoms with E-state index in [-0.39, 0.29) is 11.3 Å². The van der Waals surface area contributed by atoms with Gasteiger partial charge in [-0.05, 0) is 37.4 Å². The molecule has 1 aliphatic rings. The third kappa shape index (κ3) is 3.26. The van der Waals surface area contributed by atoms with Gasteiger partial charge in [-0.15, -0.1) is 0 Å². The predicted octanol–water partition coefficient (Wildman–Crippen LogP) is 1.42. The fraction of sp³-hybridized carbons (Fsp3) is 0.545. The predicted molar refractivity (Wildman–Crippen MR) is 67.4 cm³/mol. The lowest BCUT2D eigenvalue weighted by Crippen LogP contribution is -2.29. The number of amides is 1. The first-order valence-corrected chi connectivity index (χ1v) is 5.73. The fourth-order valence-corrected chi connectivity index (χ4v) is 1.96. The van der Waals surface area contributed by atoms with Gasteiger partial charge in [0, 0.05) is 4.91 Å². The highest BCUT2D eigenvalue weighted by molar-refractivity contribution is 5.96. The lowest BCUT2D eigenvalue weighted by molar-refractivity contribution is -0.114. The van der Waals surface area contributed by atoms with E-state index in [0.717, 1.165) is 12.8 Å². The maximum atomic E-state index is 11.0. The van der Waals surface area contributed by atoms with Crippen LogP contribution in [0.5, 0.6) is 0 Å². The van der Waals surface area contributed by atoms with Gasteiger partial charge in [0.25, 0.3) is 5.91 Å². The molecule has 1 atom stereocenters. The van der Waals surface area contributed by atoms with Crippen molar-refractivity contribution >= 4 is 5.91 Å².